The molecule has 0 aliphatic rings. The van der Waals surface area contributed by atoms with Crippen LogP contribution in [0.3, 0.4) is 0 Å². The van der Waals surface area contributed by atoms with Gasteiger partial charge in [-0.1, -0.05) is 35.9 Å². The van der Waals surface area contributed by atoms with Crippen LogP contribution in [-0.2, 0) is 0 Å². The molecule has 0 radical (unpaired) electrons. The van der Waals surface area contributed by atoms with Gasteiger partial charge in [-0.25, -0.2) is 0 Å². The van der Waals surface area contributed by atoms with Crippen molar-refractivity contribution in [2.45, 2.75) is 6.04 Å². The van der Waals surface area contributed by atoms with Crippen LogP contribution in [-0.4, -0.2) is 12.0 Å². The van der Waals surface area contributed by atoms with Gasteiger partial charge in [-0.3, -0.25) is 4.98 Å². The minimum absolute atomic E-state index is 0.0893. The van der Waals surface area contributed by atoms with Gasteiger partial charge >= 0.3 is 0 Å². The van der Waals surface area contributed by atoms with E-state index in [1.165, 1.54) is 5.56 Å². The van der Waals surface area contributed by atoms with E-state index in [1.807, 2.05) is 43.6 Å². The zero-order valence-corrected chi connectivity index (χ0v) is 13.8. The lowest BCUT2D eigenvalue weighted by Gasteiger charge is -2.19. The normalized spacial score (nSPS) is 12.5. The van der Waals surface area contributed by atoms with Crippen molar-refractivity contribution in [3.63, 3.8) is 0 Å². The Morgan fingerprint density at radius 2 is 2.00 bits per heavy atom. The molecular weight excluding hydrogens is 348 g/mol. The first-order valence-electron chi connectivity index (χ1n) is 6.66. The smallest absolute Gasteiger partial charge is 0.0705 e. The van der Waals surface area contributed by atoms with E-state index in [0.29, 0.717) is 5.02 Å². The first-order valence-corrected chi connectivity index (χ1v) is 7.83. The Morgan fingerprint density at radius 3 is 2.76 bits per heavy atom. The number of rotatable bonds is 3. The third-order valence-electron chi connectivity index (χ3n) is 3.56. The summed E-state index contributed by atoms with van der Waals surface area (Å²) in [5.74, 6) is 0. The van der Waals surface area contributed by atoms with Crippen LogP contribution >= 0.6 is 27.5 Å². The second-order valence-corrected chi connectivity index (χ2v) is 6.07. The van der Waals surface area contributed by atoms with Crippen LogP contribution in [0.15, 0.2) is 59.2 Å². The van der Waals surface area contributed by atoms with Crippen molar-refractivity contribution in [2.24, 2.45) is 0 Å². The van der Waals surface area contributed by atoms with Gasteiger partial charge in [-0.05, 0) is 58.4 Å². The molecule has 0 aliphatic carbocycles. The van der Waals surface area contributed by atoms with Crippen molar-refractivity contribution in [2.75, 3.05) is 7.05 Å². The summed E-state index contributed by atoms with van der Waals surface area (Å²) in [5, 5.41) is 5.26. The lowest BCUT2D eigenvalue weighted by Crippen LogP contribution is -2.18. The van der Waals surface area contributed by atoms with Gasteiger partial charge in [0.1, 0.15) is 0 Å². The minimum Gasteiger partial charge on any atom is -0.309 e. The SMILES string of the molecule is CNC(c1ccc(Cl)c(Br)c1)c1cccc2ncccc12. The lowest BCUT2D eigenvalue weighted by atomic mass is 9.95. The number of halogens is 2. The highest BCUT2D eigenvalue weighted by molar-refractivity contribution is 9.10. The third-order valence-corrected chi connectivity index (χ3v) is 4.77. The van der Waals surface area contributed by atoms with Gasteiger partial charge in [0, 0.05) is 16.1 Å². The summed E-state index contributed by atoms with van der Waals surface area (Å²) in [4.78, 5) is 4.43. The largest absolute Gasteiger partial charge is 0.309 e. The van der Waals surface area contributed by atoms with Crippen LogP contribution < -0.4 is 5.32 Å². The fourth-order valence-electron chi connectivity index (χ4n) is 2.57. The zero-order chi connectivity index (χ0) is 14.8. The highest BCUT2D eigenvalue weighted by Gasteiger charge is 2.15. The van der Waals surface area contributed by atoms with Crippen molar-refractivity contribution in [1.29, 1.82) is 0 Å². The molecule has 0 saturated carbocycles. The van der Waals surface area contributed by atoms with Gasteiger partial charge in [-0.2, -0.15) is 0 Å². The number of aromatic nitrogens is 1. The number of pyridine rings is 1. The second-order valence-electron chi connectivity index (χ2n) is 4.81. The van der Waals surface area contributed by atoms with Crippen LogP contribution in [0.25, 0.3) is 10.9 Å². The average Bonchev–Trinajstić information content (AvgIpc) is 2.52. The maximum atomic E-state index is 6.09. The van der Waals surface area contributed by atoms with Crippen molar-refractivity contribution < 1.29 is 0 Å². The summed E-state index contributed by atoms with van der Waals surface area (Å²) in [6.07, 6.45) is 1.82. The molecule has 4 heteroatoms. The molecule has 21 heavy (non-hydrogen) atoms. The fourth-order valence-corrected chi connectivity index (χ4v) is 3.09. The van der Waals surface area contributed by atoms with E-state index >= 15 is 0 Å². The van der Waals surface area contributed by atoms with E-state index in [9.17, 15) is 0 Å². The molecule has 1 aromatic heterocycles. The Balaban J connectivity index is 2.16. The summed E-state index contributed by atoms with van der Waals surface area (Å²) in [6, 6.07) is 16.4. The van der Waals surface area contributed by atoms with E-state index in [4.69, 9.17) is 11.6 Å². The Morgan fingerprint density at radius 1 is 1.14 bits per heavy atom. The zero-order valence-electron chi connectivity index (χ0n) is 11.5. The average molecular weight is 362 g/mol. The van der Waals surface area contributed by atoms with Crippen molar-refractivity contribution in [3.8, 4) is 0 Å². The second kappa shape index (κ2) is 6.14. The molecule has 0 bridgehead atoms. The van der Waals surface area contributed by atoms with Crippen molar-refractivity contribution in [1.82, 2.24) is 10.3 Å². The quantitative estimate of drug-likeness (QED) is 0.713. The Kier molecular flexibility index (Phi) is 4.24. The number of hydrogen-bond donors (Lipinski definition) is 1. The number of hydrogen-bond acceptors (Lipinski definition) is 2. The predicted octanol–water partition coefficient (Wildman–Crippen LogP) is 4.96. The highest BCUT2D eigenvalue weighted by atomic mass is 79.9. The van der Waals surface area contributed by atoms with Crippen molar-refractivity contribution >= 4 is 38.4 Å². The lowest BCUT2D eigenvalue weighted by molar-refractivity contribution is 0.696. The summed E-state index contributed by atoms with van der Waals surface area (Å²) in [5.41, 5.74) is 3.37. The van der Waals surface area contributed by atoms with Crippen LogP contribution in [0.1, 0.15) is 17.2 Å². The first-order chi connectivity index (χ1) is 10.2. The van der Waals surface area contributed by atoms with E-state index in [1.54, 1.807) is 0 Å². The molecule has 0 saturated heterocycles. The Labute approximate surface area is 137 Å². The predicted molar refractivity (Wildman–Crippen MR) is 91.8 cm³/mol. The summed E-state index contributed by atoms with van der Waals surface area (Å²) in [7, 11) is 1.96. The van der Waals surface area contributed by atoms with Gasteiger partial charge in [0.05, 0.1) is 16.6 Å². The molecule has 2 aromatic carbocycles. The number of nitrogens with zero attached hydrogens (tertiary/aromatic N) is 1. The number of fused-ring (bicyclic) bond motifs is 1. The molecule has 0 aliphatic heterocycles. The third kappa shape index (κ3) is 2.82. The van der Waals surface area contributed by atoms with Gasteiger partial charge < -0.3 is 5.32 Å². The van der Waals surface area contributed by atoms with E-state index in [2.05, 4.69) is 44.4 Å². The number of benzene rings is 2. The molecular formula is C17H14BrClN2. The maximum absolute atomic E-state index is 6.09. The van der Waals surface area contributed by atoms with Gasteiger partial charge in [0.2, 0.25) is 0 Å². The van der Waals surface area contributed by atoms with Crippen LogP contribution in [0.5, 0.6) is 0 Å². The van der Waals surface area contributed by atoms with E-state index in [-0.39, 0.29) is 6.04 Å². The molecule has 0 amide bonds. The van der Waals surface area contributed by atoms with E-state index < -0.39 is 0 Å². The molecule has 1 heterocycles. The van der Waals surface area contributed by atoms with Crippen LogP contribution in [0.2, 0.25) is 5.02 Å². The summed E-state index contributed by atoms with van der Waals surface area (Å²) >= 11 is 9.59. The maximum Gasteiger partial charge on any atom is 0.0705 e. The monoisotopic (exact) mass is 360 g/mol. The van der Waals surface area contributed by atoms with Gasteiger partial charge in [0.25, 0.3) is 0 Å². The van der Waals surface area contributed by atoms with Gasteiger partial charge in [-0.15, -0.1) is 0 Å². The molecule has 3 aromatic rings. The van der Waals surface area contributed by atoms with Crippen molar-refractivity contribution in [3.05, 3.63) is 75.4 Å². The number of nitrogens with one attached hydrogen (secondary N) is 1. The first kappa shape index (κ1) is 14.5. The standard InChI is InChI=1S/C17H14BrClN2/c1-20-17(11-7-8-15(19)14(18)10-11)13-4-2-6-16-12(13)5-3-9-21-16/h2-10,17,20H,1H3. The van der Waals surface area contributed by atoms with E-state index in [0.717, 1.165) is 20.9 Å². The summed E-state index contributed by atoms with van der Waals surface area (Å²) in [6.45, 7) is 0. The van der Waals surface area contributed by atoms with Crippen LogP contribution in [0.4, 0.5) is 0 Å². The molecule has 3 rings (SSSR count). The van der Waals surface area contributed by atoms with Gasteiger partial charge in [0.15, 0.2) is 0 Å². The molecule has 1 unspecified atom stereocenters. The topological polar surface area (TPSA) is 24.9 Å². The Bertz CT molecular complexity index is 783. The fraction of sp³-hybridized carbons (Fsp3) is 0.118. The molecule has 0 fully saturated rings. The molecule has 106 valence electrons. The Hall–Kier alpha value is -1.42. The molecule has 2 nitrogen and oxygen atoms in total. The van der Waals surface area contributed by atoms with Crippen LogP contribution in [0, 0.1) is 0 Å². The molecule has 1 N–H and O–H groups in total. The summed E-state index contributed by atoms with van der Waals surface area (Å²) < 4.78 is 0.903. The molecule has 0 spiro atoms. The molecule has 1 atom stereocenters. The highest BCUT2D eigenvalue weighted by Crippen LogP contribution is 2.31. The minimum atomic E-state index is 0.0893.